The molecule has 1 aromatic heterocycles. The first-order valence-corrected chi connectivity index (χ1v) is 6.46. The second-order valence-corrected chi connectivity index (χ2v) is 5.23. The molecule has 0 aliphatic rings. The molecule has 1 N–H and O–H groups in total. The molecule has 2 rings (SSSR count). The van der Waals surface area contributed by atoms with E-state index >= 15 is 0 Å². The second-order valence-electron chi connectivity index (χ2n) is 3.46. The Morgan fingerprint density at radius 3 is 2.58 bits per heavy atom. The highest BCUT2D eigenvalue weighted by Gasteiger charge is 2.27. The first kappa shape index (κ1) is 14.1. The maximum Gasteiger partial charge on any atom is 0.374 e. The molecule has 0 aliphatic carbocycles. The van der Waals surface area contributed by atoms with Gasteiger partial charge in [0.15, 0.2) is 5.69 Å². The second kappa shape index (κ2) is 5.38. The number of nitrogens with zero attached hydrogens (tertiary/aromatic N) is 1. The maximum absolute atomic E-state index is 12.7. The van der Waals surface area contributed by atoms with E-state index in [1.807, 2.05) is 0 Å². The molecule has 0 saturated carbocycles. The number of carbonyl (C=O) groups is 1. The predicted octanol–water partition coefficient (Wildman–Crippen LogP) is 4.50. The zero-order valence-electron chi connectivity index (χ0n) is 9.03. The largest absolute Gasteiger partial charge is 0.475 e. The molecule has 0 unspecified atom stereocenters. The molecule has 8 heteroatoms. The summed E-state index contributed by atoms with van der Waals surface area (Å²) in [6.45, 7) is 0. The van der Waals surface area contributed by atoms with Crippen LogP contribution in [0.3, 0.4) is 0 Å². The zero-order chi connectivity index (χ0) is 14.2. The molecule has 0 atom stereocenters. The van der Waals surface area contributed by atoms with Crippen molar-refractivity contribution in [2.75, 3.05) is 0 Å². The minimum atomic E-state index is -3.02. The Balaban J connectivity index is 2.60. The van der Waals surface area contributed by atoms with Gasteiger partial charge in [0.25, 0.3) is 6.43 Å². The molecule has 0 spiro atoms. The summed E-state index contributed by atoms with van der Waals surface area (Å²) >= 11 is 6.44. The smallest absolute Gasteiger partial charge is 0.374 e. The fourth-order valence-corrected chi connectivity index (χ4v) is 2.19. The van der Waals surface area contributed by atoms with E-state index in [-0.39, 0.29) is 5.89 Å². The number of halogens is 4. The Morgan fingerprint density at radius 1 is 1.37 bits per heavy atom. The lowest BCUT2D eigenvalue weighted by molar-refractivity contribution is 0.0647. The van der Waals surface area contributed by atoms with Crippen LogP contribution in [0.15, 0.2) is 31.6 Å². The average molecular weight is 397 g/mol. The van der Waals surface area contributed by atoms with Gasteiger partial charge < -0.3 is 9.52 Å². The summed E-state index contributed by atoms with van der Waals surface area (Å²) < 4.78 is 31.5. The Kier molecular flexibility index (Phi) is 4.00. The third-order valence-corrected chi connectivity index (χ3v) is 3.40. The average Bonchev–Trinajstić information content (AvgIpc) is 2.77. The fraction of sp³-hybridized carbons (Fsp3) is 0.0909. The number of carboxylic acid groups (broad SMARTS) is 1. The van der Waals surface area contributed by atoms with Gasteiger partial charge in [-0.05, 0) is 34.1 Å². The lowest BCUT2D eigenvalue weighted by atomic mass is 10.2. The van der Waals surface area contributed by atoms with Crippen LogP contribution in [-0.4, -0.2) is 16.1 Å². The summed E-state index contributed by atoms with van der Waals surface area (Å²) in [6.07, 6.45) is -3.02. The van der Waals surface area contributed by atoms with E-state index < -0.39 is 23.8 Å². The van der Waals surface area contributed by atoms with Crippen LogP contribution >= 0.6 is 31.9 Å². The van der Waals surface area contributed by atoms with Gasteiger partial charge in [0.2, 0.25) is 11.7 Å². The first-order valence-electron chi connectivity index (χ1n) is 4.87. The molecular weight excluding hydrogens is 392 g/mol. The van der Waals surface area contributed by atoms with Crippen LogP contribution in [0.25, 0.3) is 11.5 Å². The van der Waals surface area contributed by atoms with E-state index in [2.05, 4.69) is 36.8 Å². The van der Waals surface area contributed by atoms with Crippen LogP contribution in [0.1, 0.15) is 22.7 Å². The van der Waals surface area contributed by atoms with Crippen LogP contribution < -0.4 is 0 Å². The highest BCUT2D eigenvalue weighted by Crippen LogP contribution is 2.33. The number of alkyl halides is 2. The summed E-state index contributed by atoms with van der Waals surface area (Å²) in [5.74, 6) is -2.61. The quantitative estimate of drug-likeness (QED) is 0.829. The molecule has 0 bridgehead atoms. The third-order valence-electron chi connectivity index (χ3n) is 2.21. The van der Waals surface area contributed by atoms with Crippen molar-refractivity contribution in [1.29, 1.82) is 0 Å². The number of hydrogen-bond acceptors (Lipinski definition) is 3. The molecule has 4 nitrogen and oxygen atoms in total. The topological polar surface area (TPSA) is 63.3 Å². The normalized spacial score (nSPS) is 11.0. The molecule has 0 amide bonds. The molecule has 0 radical (unpaired) electrons. The molecule has 0 fully saturated rings. The van der Waals surface area contributed by atoms with Crippen molar-refractivity contribution in [2.45, 2.75) is 6.43 Å². The van der Waals surface area contributed by atoms with Crippen LogP contribution in [0.2, 0.25) is 0 Å². The van der Waals surface area contributed by atoms with Crippen molar-refractivity contribution in [3.05, 3.63) is 38.6 Å². The number of carboxylic acids is 1. The maximum atomic E-state index is 12.7. The van der Waals surface area contributed by atoms with Crippen molar-refractivity contribution in [2.24, 2.45) is 0 Å². The molecule has 0 aliphatic heterocycles. The number of rotatable bonds is 3. The molecule has 100 valence electrons. The standard InChI is InChI=1S/C11H5Br2F2NO3/c12-4-1-2-6(13)5(3-4)10-16-7(9(14)15)8(19-10)11(17)18/h1-3,9H,(H,17,18). The summed E-state index contributed by atoms with van der Waals surface area (Å²) in [5.41, 5.74) is -0.502. The molecule has 0 saturated heterocycles. The predicted molar refractivity (Wildman–Crippen MR) is 69.3 cm³/mol. The van der Waals surface area contributed by atoms with E-state index in [1.54, 1.807) is 18.2 Å². The van der Waals surface area contributed by atoms with E-state index in [1.165, 1.54) is 0 Å². The van der Waals surface area contributed by atoms with Crippen molar-refractivity contribution in [1.82, 2.24) is 4.98 Å². The minimum absolute atomic E-state index is 0.180. The lowest BCUT2D eigenvalue weighted by Gasteiger charge is -2.00. The van der Waals surface area contributed by atoms with Gasteiger partial charge >= 0.3 is 5.97 Å². The SMILES string of the molecule is O=C(O)c1oc(-c2cc(Br)ccc2Br)nc1C(F)F. The fourth-order valence-electron chi connectivity index (χ4n) is 1.41. The van der Waals surface area contributed by atoms with Crippen LogP contribution in [0.4, 0.5) is 8.78 Å². The Hall–Kier alpha value is -1.28. The van der Waals surface area contributed by atoms with E-state index in [9.17, 15) is 13.6 Å². The van der Waals surface area contributed by atoms with E-state index in [0.29, 0.717) is 14.5 Å². The van der Waals surface area contributed by atoms with Crippen molar-refractivity contribution < 1.29 is 23.1 Å². The Morgan fingerprint density at radius 2 is 2.05 bits per heavy atom. The highest BCUT2D eigenvalue weighted by atomic mass is 79.9. The number of aromatic nitrogens is 1. The highest BCUT2D eigenvalue weighted by molar-refractivity contribution is 9.11. The number of hydrogen-bond donors (Lipinski definition) is 1. The van der Waals surface area contributed by atoms with Gasteiger partial charge in [-0.3, -0.25) is 0 Å². The number of benzene rings is 1. The summed E-state index contributed by atoms with van der Waals surface area (Å²) in [6, 6.07) is 4.96. The van der Waals surface area contributed by atoms with Crippen molar-refractivity contribution >= 4 is 37.8 Å². The zero-order valence-corrected chi connectivity index (χ0v) is 12.2. The molecule has 1 heterocycles. The van der Waals surface area contributed by atoms with Gasteiger partial charge in [-0.15, -0.1) is 0 Å². The lowest BCUT2D eigenvalue weighted by Crippen LogP contribution is -1.99. The van der Waals surface area contributed by atoms with Crippen LogP contribution in [-0.2, 0) is 0 Å². The third kappa shape index (κ3) is 2.84. The summed E-state index contributed by atoms with van der Waals surface area (Å²) in [5, 5.41) is 8.81. The Labute approximate surface area is 122 Å². The summed E-state index contributed by atoms with van der Waals surface area (Å²) in [7, 11) is 0. The van der Waals surface area contributed by atoms with Gasteiger partial charge in [-0.2, -0.15) is 0 Å². The number of oxazole rings is 1. The van der Waals surface area contributed by atoms with Crippen LogP contribution in [0, 0.1) is 0 Å². The van der Waals surface area contributed by atoms with Gasteiger partial charge in [-0.1, -0.05) is 15.9 Å². The van der Waals surface area contributed by atoms with Gasteiger partial charge in [0.1, 0.15) is 0 Å². The van der Waals surface area contributed by atoms with E-state index in [0.717, 1.165) is 0 Å². The van der Waals surface area contributed by atoms with Crippen molar-refractivity contribution in [3.8, 4) is 11.5 Å². The molecule has 19 heavy (non-hydrogen) atoms. The Bertz CT molecular complexity index is 643. The molecule has 2 aromatic rings. The molecule has 1 aromatic carbocycles. The summed E-state index contributed by atoms with van der Waals surface area (Å²) in [4.78, 5) is 14.4. The van der Waals surface area contributed by atoms with Gasteiger partial charge in [0, 0.05) is 8.95 Å². The van der Waals surface area contributed by atoms with E-state index in [4.69, 9.17) is 9.52 Å². The van der Waals surface area contributed by atoms with Crippen LogP contribution in [0.5, 0.6) is 0 Å². The minimum Gasteiger partial charge on any atom is -0.475 e. The molecular formula is C11H5Br2F2NO3. The number of aromatic carboxylic acids is 1. The van der Waals surface area contributed by atoms with Crippen molar-refractivity contribution in [3.63, 3.8) is 0 Å². The first-order chi connectivity index (χ1) is 8.90. The van der Waals surface area contributed by atoms with Gasteiger partial charge in [-0.25, -0.2) is 18.6 Å². The monoisotopic (exact) mass is 395 g/mol. The van der Waals surface area contributed by atoms with Gasteiger partial charge in [0.05, 0.1) is 5.56 Å².